The third kappa shape index (κ3) is 5.60. The van der Waals surface area contributed by atoms with Gasteiger partial charge >= 0.3 is 0 Å². The lowest BCUT2D eigenvalue weighted by Crippen LogP contribution is -2.17. The molecule has 0 radical (unpaired) electrons. The minimum atomic E-state index is -0.673. The molecule has 1 fully saturated rings. The zero-order valence-electron chi connectivity index (χ0n) is 19.3. The highest BCUT2D eigenvalue weighted by molar-refractivity contribution is 6.36. The van der Waals surface area contributed by atoms with Crippen LogP contribution in [0.2, 0.25) is 10.0 Å². The van der Waals surface area contributed by atoms with Crippen molar-refractivity contribution in [2.45, 2.75) is 51.2 Å². The molecule has 4 rings (SSSR count). The van der Waals surface area contributed by atoms with Crippen molar-refractivity contribution in [1.29, 1.82) is 0 Å². The van der Waals surface area contributed by atoms with Crippen molar-refractivity contribution in [3.05, 3.63) is 58.2 Å². The first kappa shape index (κ1) is 25.4. The summed E-state index contributed by atoms with van der Waals surface area (Å²) >= 11 is 12.4. The van der Waals surface area contributed by atoms with Crippen molar-refractivity contribution < 1.29 is 19.0 Å². The predicted octanol–water partition coefficient (Wildman–Crippen LogP) is 5.80. The summed E-state index contributed by atoms with van der Waals surface area (Å²) in [6.07, 6.45) is 8.83. The fourth-order valence-electron chi connectivity index (χ4n) is 4.56. The summed E-state index contributed by atoms with van der Waals surface area (Å²) in [6, 6.07) is 4.56. The summed E-state index contributed by atoms with van der Waals surface area (Å²) in [7, 11) is 0. The fourth-order valence-corrected chi connectivity index (χ4v) is 5.23. The fraction of sp³-hybridized carbons (Fsp3) is 0.400. The van der Waals surface area contributed by atoms with Crippen LogP contribution in [0.1, 0.15) is 56.7 Å². The average Bonchev–Trinajstić information content (AvgIpc) is 3.20. The Morgan fingerprint density at radius 1 is 1.26 bits per heavy atom. The van der Waals surface area contributed by atoms with E-state index in [2.05, 4.69) is 10.1 Å². The molecule has 2 aromatic heterocycles. The minimum absolute atomic E-state index is 0.0804. The molecule has 3 N–H and O–H groups in total. The third-order valence-corrected chi connectivity index (χ3v) is 7.24. The van der Waals surface area contributed by atoms with Crippen LogP contribution >= 0.6 is 23.2 Å². The molecular formula is C25H27Cl2FN4O3. The number of nitrogen functional groups attached to an aromatic ring is 1. The van der Waals surface area contributed by atoms with Crippen LogP contribution in [0.5, 0.6) is 5.75 Å². The molecule has 1 saturated carbocycles. The Labute approximate surface area is 213 Å². The SMILES string of the molecule is CC(Oc1cc(-c2cnn(C3CCCC(C(=O)CO)CC3)c2)cnc1N)c1c(Cl)ccc(F)c1Cl. The maximum Gasteiger partial charge on any atom is 0.166 e. The number of rotatable bonds is 7. The number of halogens is 3. The second-order valence-electron chi connectivity index (χ2n) is 8.82. The van der Waals surface area contributed by atoms with Gasteiger partial charge in [0.2, 0.25) is 0 Å². The van der Waals surface area contributed by atoms with Gasteiger partial charge in [0.25, 0.3) is 0 Å². The Morgan fingerprint density at radius 3 is 2.83 bits per heavy atom. The summed E-state index contributed by atoms with van der Waals surface area (Å²) in [4.78, 5) is 16.2. The van der Waals surface area contributed by atoms with Crippen LogP contribution in [-0.2, 0) is 4.79 Å². The number of hydrogen-bond acceptors (Lipinski definition) is 6. The predicted molar refractivity (Wildman–Crippen MR) is 133 cm³/mol. The van der Waals surface area contributed by atoms with Gasteiger partial charge in [0.1, 0.15) is 18.5 Å². The number of Topliss-reactive ketones (excluding diaryl/α,β-unsaturated/α-hetero) is 1. The van der Waals surface area contributed by atoms with Crippen LogP contribution in [0.3, 0.4) is 0 Å². The molecule has 3 unspecified atom stereocenters. The van der Waals surface area contributed by atoms with Crippen LogP contribution in [0, 0.1) is 11.7 Å². The number of benzene rings is 1. The van der Waals surface area contributed by atoms with Crippen molar-refractivity contribution >= 4 is 34.8 Å². The van der Waals surface area contributed by atoms with Gasteiger partial charge in [-0.1, -0.05) is 29.6 Å². The van der Waals surface area contributed by atoms with Crippen LogP contribution in [0.4, 0.5) is 10.2 Å². The van der Waals surface area contributed by atoms with Crippen molar-refractivity contribution in [2.75, 3.05) is 12.3 Å². The van der Waals surface area contributed by atoms with Gasteiger partial charge in [-0.15, -0.1) is 0 Å². The van der Waals surface area contributed by atoms with Crippen LogP contribution in [0.15, 0.2) is 36.8 Å². The van der Waals surface area contributed by atoms with Crippen molar-refractivity contribution in [3.8, 4) is 16.9 Å². The maximum atomic E-state index is 14.0. The number of anilines is 1. The van der Waals surface area contributed by atoms with E-state index in [1.54, 1.807) is 25.4 Å². The van der Waals surface area contributed by atoms with Crippen LogP contribution in [-0.4, -0.2) is 32.3 Å². The normalized spacial score (nSPS) is 19.2. The number of aliphatic hydroxyl groups is 1. The number of carbonyl (C=O) groups excluding carboxylic acids is 1. The van der Waals surface area contributed by atoms with Gasteiger partial charge < -0.3 is 15.6 Å². The van der Waals surface area contributed by atoms with E-state index < -0.39 is 18.5 Å². The van der Waals surface area contributed by atoms with Gasteiger partial charge in [0, 0.05) is 40.0 Å². The lowest BCUT2D eigenvalue weighted by atomic mass is 9.96. The molecule has 1 aliphatic rings. The van der Waals surface area contributed by atoms with E-state index in [0.717, 1.165) is 43.2 Å². The topological polar surface area (TPSA) is 103 Å². The first-order valence-corrected chi connectivity index (χ1v) is 12.3. The molecule has 0 saturated heterocycles. The minimum Gasteiger partial charge on any atom is -0.482 e. The Morgan fingerprint density at radius 2 is 2.06 bits per heavy atom. The van der Waals surface area contributed by atoms with Crippen molar-refractivity contribution in [2.24, 2.45) is 5.92 Å². The number of carbonyl (C=O) groups is 1. The Hall–Kier alpha value is -2.68. The monoisotopic (exact) mass is 520 g/mol. The molecule has 0 aliphatic heterocycles. The number of nitrogens with two attached hydrogens (primary N) is 1. The Balaban J connectivity index is 1.52. The number of ketones is 1. The van der Waals surface area contributed by atoms with Crippen molar-refractivity contribution in [1.82, 2.24) is 14.8 Å². The smallest absolute Gasteiger partial charge is 0.166 e. The molecule has 7 nitrogen and oxygen atoms in total. The largest absolute Gasteiger partial charge is 0.482 e. The lowest BCUT2D eigenvalue weighted by Gasteiger charge is -2.19. The molecule has 0 bridgehead atoms. The second-order valence-corrected chi connectivity index (χ2v) is 9.60. The Bertz CT molecular complexity index is 1220. The van der Waals surface area contributed by atoms with Gasteiger partial charge in [0.15, 0.2) is 17.4 Å². The molecule has 1 aromatic carbocycles. The molecule has 2 heterocycles. The Kier molecular flexibility index (Phi) is 7.94. The molecule has 3 atom stereocenters. The molecule has 1 aliphatic carbocycles. The number of ether oxygens (including phenoxy) is 1. The van der Waals surface area contributed by atoms with Gasteiger partial charge in [-0.3, -0.25) is 9.48 Å². The van der Waals surface area contributed by atoms with E-state index in [-0.39, 0.29) is 28.6 Å². The molecule has 35 heavy (non-hydrogen) atoms. The van der Waals surface area contributed by atoms with E-state index in [1.807, 2.05) is 10.9 Å². The van der Waals surface area contributed by atoms with E-state index in [0.29, 0.717) is 16.3 Å². The number of hydrogen-bond donors (Lipinski definition) is 2. The van der Waals surface area contributed by atoms with Crippen molar-refractivity contribution in [3.63, 3.8) is 0 Å². The maximum absolute atomic E-state index is 14.0. The third-order valence-electron chi connectivity index (χ3n) is 6.53. The van der Waals surface area contributed by atoms with E-state index >= 15 is 0 Å². The number of pyridine rings is 1. The summed E-state index contributed by atoms with van der Waals surface area (Å²) < 4.78 is 21.9. The summed E-state index contributed by atoms with van der Waals surface area (Å²) in [5.41, 5.74) is 7.97. The molecular weight excluding hydrogens is 494 g/mol. The molecule has 10 heteroatoms. The lowest BCUT2D eigenvalue weighted by molar-refractivity contribution is -0.126. The van der Waals surface area contributed by atoms with Gasteiger partial charge in [-0.25, -0.2) is 9.37 Å². The highest BCUT2D eigenvalue weighted by atomic mass is 35.5. The highest BCUT2D eigenvalue weighted by Crippen LogP contribution is 2.37. The standard InChI is InChI=1S/C25H27Cl2FN4O3/c1-14(23-19(26)7-8-20(28)24(23)27)35-22-9-16(10-30-25(22)29)17-11-31-32(12-17)18-4-2-3-15(5-6-18)21(34)13-33/h7-12,14-15,18,33H,2-6,13H2,1H3,(H2,29,30). The van der Waals surface area contributed by atoms with E-state index in [9.17, 15) is 9.18 Å². The molecule has 186 valence electrons. The van der Waals surface area contributed by atoms with Crippen LogP contribution in [0.25, 0.3) is 11.1 Å². The number of aromatic nitrogens is 3. The second kappa shape index (κ2) is 10.9. The first-order valence-electron chi connectivity index (χ1n) is 11.5. The van der Waals surface area contributed by atoms with E-state index in [4.69, 9.17) is 38.8 Å². The van der Waals surface area contributed by atoms with Crippen LogP contribution < -0.4 is 10.5 Å². The zero-order chi connectivity index (χ0) is 25.1. The average molecular weight is 521 g/mol. The summed E-state index contributed by atoms with van der Waals surface area (Å²) in [6.45, 7) is 1.31. The van der Waals surface area contributed by atoms with E-state index in [1.165, 1.54) is 12.1 Å². The number of nitrogens with zero attached hydrogens (tertiary/aromatic N) is 3. The molecule has 0 amide bonds. The first-order chi connectivity index (χ1) is 16.8. The summed E-state index contributed by atoms with van der Waals surface area (Å²) in [5.74, 6) is -0.247. The summed E-state index contributed by atoms with van der Waals surface area (Å²) in [5, 5.41) is 13.9. The highest BCUT2D eigenvalue weighted by Gasteiger charge is 2.25. The van der Waals surface area contributed by atoms with Gasteiger partial charge in [-0.05, 0) is 50.8 Å². The van der Waals surface area contributed by atoms with Gasteiger partial charge in [-0.2, -0.15) is 5.10 Å². The molecule has 0 spiro atoms. The van der Waals surface area contributed by atoms with Gasteiger partial charge in [0.05, 0.1) is 17.3 Å². The zero-order valence-corrected chi connectivity index (χ0v) is 20.8. The number of aliphatic hydroxyl groups excluding tert-OH is 1. The quantitative estimate of drug-likeness (QED) is 0.301. The molecule has 3 aromatic rings.